The lowest BCUT2D eigenvalue weighted by Gasteiger charge is -2.37. The van der Waals surface area contributed by atoms with Gasteiger partial charge in [0.1, 0.15) is 10.6 Å². The number of nitrogens with one attached hydrogen (secondary N) is 1. The molecule has 1 saturated heterocycles. The molecule has 8 nitrogen and oxygen atoms in total. The lowest BCUT2D eigenvalue weighted by Crippen LogP contribution is -2.57. The van der Waals surface area contributed by atoms with Crippen molar-refractivity contribution < 1.29 is 17.7 Å². The molecule has 0 saturated carbocycles. The molecule has 1 amide bonds. The van der Waals surface area contributed by atoms with Crippen LogP contribution in [0.5, 0.6) is 0 Å². The molecule has 0 bridgehead atoms. The molecule has 0 spiro atoms. The number of carbonyl (C=O) groups is 1. The van der Waals surface area contributed by atoms with Crippen LogP contribution in [0.15, 0.2) is 9.42 Å². The Labute approximate surface area is 155 Å². The molecule has 1 aliphatic heterocycles. The standard InChI is InChI=1S/C17H30N4O4S/c1-7-17(5,6)18-16(22)13(3)20-8-10-21(11-9-20)26(23,24)15-12(2)19-25-14(15)4/h13H,7-11H2,1-6H3,(H,18,22). The van der Waals surface area contributed by atoms with E-state index in [1.54, 1.807) is 13.8 Å². The van der Waals surface area contributed by atoms with Crippen LogP contribution in [-0.4, -0.2) is 66.4 Å². The summed E-state index contributed by atoms with van der Waals surface area (Å²) in [7, 11) is -3.63. The summed E-state index contributed by atoms with van der Waals surface area (Å²) >= 11 is 0. The van der Waals surface area contributed by atoms with Crippen molar-refractivity contribution in [2.24, 2.45) is 0 Å². The molecule has 1 fully saturated rings. The van der Waals surface area contributed by atoms with Gasteiger partial charge >= 0.3 is 0 Å². The molecule has 1 unspecified atom stereocenters. The van der Waals surface area contributed by atoms with Gasteiger partial charge in [-0.2, -0.15) is 4.31 Å². The van der Waals surface area contributed by atoms with Gasteiger partial charge < -0.3 is 9.84 Å². The highest BCUT2D eigenvalue weighted by molar-refractivity contribution is 7.89. The maximum atomic E-state index is 12.9. The van der Waals surface area contributed by atoms with Crippen LogP contribution in [0.4, 0.5) is 0 Å². The zero-order valence-corrected chi connectivity index (χ0v) is 17.3. The lowest BCUT2D eigenvalue weighted by molar-refractivity contribution is -0.128. The van der Waals surface area contributed by atoms with Gasteiger partial charge in [-0.15, -0.1) is 0 Å². The second-order valence-corrected chi connectivity index (χ2v) is 9.37. The van der Waals surface area contributed by atoms with Crippen LogP contribution in [0.3, 0.4) is 0 Å². The SMILES string of the molecule is CCC(C)(C)NC(=O)C(C)N1CCN(S(=O)(=O)c2c(C)noc2C)CC1. The van der Waals surface area contributed by atoms with Gasteiger partial charge in [-0.3, -0.25) is 9.69 Å². The first kappa shape index (κ1) is 20.9. The zero-order valence-electron chi connectivity index (χ0n) is 16.5. The van der Waals surface area contributed by atoms with E-state index in [0.717, 1.165) is 6.42 Å². The van der Waals surface area contributed by atoms with Gasteiger partial charge in [0.15, 0.2) is 5.76 Å². The van der Waals surface area contributed by atoms with Crippen LogP contribution in [0, 0.1) is 13.8 Å². The molecular formula is C17H30N4O4S. The Morgan fingerprint density at radius 2 is 1.85 bits per heavy atom. The van der Waals surface area contributed by atoms with Crippen molar-refractivity contribution >= 4 is 15.9 Å². The molecule has 1 atom stereocenters. The summed E-state index contributed by atoms with van der Waals surface area (Å²) < 4.78 is 32.2. The zero-order chi connectivity index (χ0) is 19.7. The minimum Gasteiger partial charge on any atom is -0.360 e. The predicted octanol–water partition coefficient (Wildman–Crippen LogP) is 1.29. The molecule has 9 heteroatoms. The third-order valence-electron chi connectivity index (χ3n) is 5.11. The van der Waals surface area contributed by atoms with E-state index in [-0.39, 0.29) is 22.4 Å². The summed E-state index contributed by atoms with van der Waals surface area (Å²) in [6.45, 7) is 12.8. The third-order valence-corrected chi connectivity index (χ3v) is 7.26. The van der Waals surface area contributed by atoms with Crippen molar-refractivity contribution in [3.63, 3.8) is 0 Å². The molecule has 0 radical (unpaired) electrons. The number of carbonyl (C=O) groups excluding carboxylic acids is 1. The average Bonchev–Trinajstić information content (AvgIpc) is 2.93. The Bertz CT molecular complexity index is 729. The fourth-order valence-corrected chi connectivity index (χ4v) is 4.71. The number of hydrogen-bond donors (Lipinski definition) is 1. The number of hydrogen-bond acceptors (Lipinski definition) is 6. The summed E-state index contributed by atoms with van der Waals surface area (Å²) in [5, 5.41) is 6.79. The van der Waals surface area contributed by atoms with Crippen molar-refractivity contribution in [3.8, 4) is 0 Å². The summed E-state index contributed by atoms with van der Waals surface area (Å²) in [6.07, 6.45) is 0.842. The second-order valence-electron chi connectivity index (χ2n) is 7.50. The molecule has 0 aliphatic carbocycles. The summed E-state index contributed by atoms with van der Waals surface area (Å²) in [5.74, 6) is 0.276. The first-order chi connectivity index (χ1) is 12.0. The van der Waals surface area contributed by atoms with E-state index < -0.39 is 10.0 Å². The van der Waals surface area contributed by atoms with Crippen molar-refractivity contribution in [2.45, 2.75) is 64.4 Å². The molecule has 148 valence electrons. The monoisotopic (exact) mass is 386 g/mol. The summed E-state index contributed by atoms with van der Waals surface area (Å²) in [4.78, 5) is 14.6. The van der Waals surface area contributed by atoms with Crippen LogP contribution < -0.4 is 5.32 Å². The molecule has 1 aromatic heterocycles. The fourth-order valence-electron chi connectivity index (χ4n) is 3.00. The predicted molar refractivity (Wildman–Crippen MR) is 98.3 cm³/mol. The van der Waals surface area contributed by atoms with E-state index in [2.05, 4.69) is 10.5 Å². The summed E-state index contributed by atoms with van der Waals surface area (Å²) in [5.41, 5.74) is 0.124. The smallest absolute Gasteiger partial charge is 0.248 e. The van der Waals surface area contributed by atoms with Crippen LogP contribution in [0.2, 0.25) is 0 Å². The highest BCUT2D eigenvalue weighted by Gasteiger charge is 2.35. The van der Waals surface area contributed by atoms with Gasteiger partial charge in [-0.05, 0) is 41.0 Å². The Balaban J connectivity index is 2.02. The Kier molecular flexibility index (Phi) is 6.14. The Hall–Kier alpha value is -1.45. The molecular weight excluding hydrogens is 356 g/mol. The number of sulfonamides is 1. The van der Waals surface area contributed by atoms with Gasteiger partial charge in [0.2, 0.25) is 15.9 Å². The average molecular weight is 387 g/mol. The van der Waals surface area contributed by atoms with Gasteiger partial charge in [-0.1, -0.05) is 12.1 Å². The third kappa shape index (κ3) is 4.27. The van der Waals surface area contributed by atoms with Gasteiger partial charge in [0, 0.05) is 31.7 Å². The minimum absolute atomic E-state index is 0.0288. The topological polar surface area (TPSA) is 95.8 Å². The normalized spacial score (nSPS) is 18.7. The molecule has 26 heavy (non-hydrogen) atoms. The van der Waals surface area contributed by atoms with Gasteiger partial charge in [0.25, 0.3) is 0 Å². The van der Waals surface area contributed by atoms with E-state index in [1.165, 1.54) is 4.31 Å². The Morgan fingerprint density at radius 1 is 1.27 bits per heavy atom. The highest BCUT2D eigenvalue weighted by Crippen LogP contribution is 2.24. The molecule has 1 N–H and O–H groups in total. The van der Waals surface area contributed by atoms with Crippen LogP contribution in [0.25, 0.3) is 0 Å². The first-order valence-corrected chi connectivity index (χ1v) is 10.4. The van der Waals surface area contributed by atoms with Crippen molar-refractivity contribution in [2.75, 3.05) is 26.2 Å². The minimum atomic E-state index is -3.63. The van der Waals surface area contributed by atoms with Crippen molar-refractivity contribution in [3.05, 3.63) is 11.5 Å². The highest BCUT2D eigenvalue weighted by atomic mass is 32.2. The second kappa shape index (κ2) is 7.66. The number of amides is 1. The first-order valence-electron chi connectivity index (χ1n) is 8.98. The number of aromatic nitrogens is 1. The Morgan fingerprint density at radius 3 is 2.31 bits per heavy atom. The number of nitrogens with zero attached hydrogens (tertiary/aromatic N) is 3. The van der Waals surface area contributed by atoms with Crippen molar-refractivity contribution in [1.82, 2.24) is 19.7 Å². The number of aryl methyl sites for hydroxylation is 2. The summed E-state index contributed by atoms with van der Waals surface area (Å²) in [6, 6.07) is -0.301. The van der Waals surface area contributed by atoms with Crippen LogP contribution in [-0.2, 0) is 14.8 Å². The lowest BCUT2D eigenvalue weighted by atomic mass is 10.0. The fraction of sp³-hybridized carbons (Fsp3) is 0.765. The maximum absolute atomic E-state index is 12.9. The molecule has 0 aromatic carbocycles. The quantitative estimate of drug-likeness (QED) is 0.791. The molecule has 1 aromatic rings. The van der Waals surface area contributed by atoms with Crippen LogP contribution >= 0.6 is 0 Å². The van der Waals surface area contributed by atoms with E-state index in [9.17, 15) is 13.2 Å². The molecule has 2 rings (SSSR count). The van der Waals surface area contributed by atoms with Crippen molar-refractivity contribution in [1.29, 1.82) is 0 Å². The molecule has 1 aliphatic rings. The largest absolute Gasteiger partial charge is 0.360 e. The van der Waals surface area contributed by atoms with Gasteiger partial charge in [0.05, 0.1) is 6.04 Å². The number of piperazine rings is 1. The molecule has 2 heterocycles. The van der Waals surface area contributed by atoms with Gasteiger partial charge in [-0.25, -0.2) is 8.42 Å². The van der Waals surface area contributed by atoms with E-state index in [1.807, 2.05) is 32.6 Å². The number of rotatable bonds is 6. The van der Waals surface area contributed by atoms with E-state index >= 15 is 0 Å². The van der Waals surface area contributed by atoms with Crippen LogP contribution in [0.1, 0.15) is 45.6 Å². The van der Waals surface area contributed by atoms with E-state index in [0.29, 0.717) is 37.6 Å². The maximum Gasteiger partial charge on any atom is 0.248 e. The van der Waals surface area contributed by atoms with E-state index in [4.69, 9.17) is 4.52 Å².